The van der Waals surface area contributed by atoms with Crippen LogP contribution in [0.1, 0.15) is 24.5 Å². The van der Waals surface area contributed by atoms with Gasteiger partial charge in [0.15, 0.2) is 0 Å². The first-order valence-corrected chi connectivity index (χ1v) is 6.83. The Labute approximate surface area is 112 Å². The minimum absolute atomic E-state index is 0.602. The van der Waals surface area contributed by atoms with E-state index in [0.717, 1.165) is 19.6 Å². The summed E-state index contributed by atoms with van der Waals surface area (Å²) in [6, 6.07) is 6.43. The van der Waals surface area contributed by atoms with Gasteiger partial charge in [-0.1, -0.05) is 39.7 Å². The maximum absolute atomic E-state index is 5.63. The molecule has 1 aliphatic rings. The average Bonchev–Trinajstić information content (AvgIpc) is 2.32. The summed E-state index contributed by atoms with van der Waals surface area (Å²) in [5.41, 5.74) is 9.63. The maximum Gasteiger partial charge on any atom is 0.0248 e. The van der Waals surface area contributed by atoms with Crippen LogP contribution >= 0.6 is 15.9 Å². The highest BCUT2D eigenvalue weighted by atomic mass is 79.9. The van der Waals surface area contributed by atoms with Gasteiger partial charge in [-0.05, 0) is 30.5 Å². The first kappa shape index (κ1) is 12.8. The molecule has 0 saturated heterocycles. The van der Waals surface area contributed by atoms with Crippen molar-refractivity contribution in [3.05, 3.63) is 45.4 Å². The molecule has 92 valence electrons. The van der Waals surface area contributed by atoms with Crippen molar-refractivity contribution in [3.63, 3.8) is 0 Å². The van der Waals surface area contributed by atoms with Gasteiger partial charge in [0, 0.05) is 30.7 Å². The number of nitrogens with zero attached hydrogens (tertiary/aromatic N) is 1. The quantitative estimate of drug-likeness (QED) is 0.868. The van der Waals surface area contributed by atoms with Gasteiger partial charge in [0.25, 0.3) is 0 Å². The molecule has 2 rings (SSSR count). The van der Waals surface area contributed by atoms with Crippen molar-refractivity contribution in [1.29, 1.82) is 0 Å². The summed E-state index contributed by atoms with van der Waals surface area (Å²) in [4.78, 5) is 2.48. The molecule has 3 heteroatoms. The highest BCUT2D eigenvalue weighted by molar-refractivity contribution is 9.10. The van der Waals surface area contributed by atoms with Crippen molar-refractivity contribution in [3.8, 4) is 0 Å². The molecule has 0 aromatic heterocycles. The van der Waals surface area contributed by atoms with Crippen LogP contribution < -0.4 is 5.73 Å². The molecule has 1 aromatic carbocycles. The SMILES string of the molecule is CC1=CCCN(Cc2ccc(CN)cc2Br)C1. The normalized spacial score (nSPS) is 17.0. The molecule has 0 saturated carbocycles. The highest BCUT2D eigenvalue weighted by Crippen LogP contribution is 2.21. The van der Waals surface area contributed by atoms with Crippen molar-refractivity contribution in [2.45, 2.75) is 26.4 Å². The Morgan fingerprint density at radius 1 is 1.41 bits per heavy atom. The topological polar surface area (TPSA) is 29.3 Å². The Hall–Kier alpha value is -0.640. The smallest absolute Gasteiger partial charge is 0.0248 e. The summed E-state index contributed by atoms with van der Waals surface area (Å²) in [5.74, 6) is 0. The zero-order valence-corrected chi connectivity index (χ0v) is 11.8. The summed E-state index contributed by atoms with van der Waals surface area (Å²) in [5, 5.41) is 0. The third kappa shape index (κ3) is 3.41. The van der Waals surface area contributed by atoms with E-state index < -0.39 is 0 Å². The van der Waals surface area contributed by atoms with E-state index in [9.17, 15) is 0 Å². The van der Waals surface area contributed by atoms with E-state index in [2.05, 4.69) is 52.0 Å². The summed E-state index contributed by atoms with van der Waals surface area (Å²) in [6.45, 7) is 6.06. The van der Waals surface area contributed by atoms with Crippen molar-refractivity contribution < 1.29 is 0 Å². The van der Waals surface area contributed by atoms with Crippen LogP contribution in [-0.2, 0) is 13.1 Å². The second-order valence-electron chi connectivity index (χ2n) is 4.68. The Balaban J connectivity index is 2.06. The third-order valence-electron chi connectivity index (χ3n) is 3.16. The maximum atomic E-state index is 5.63. The van der Waals surface area contributed by atoms with Gasteiger partial charge in [-0.25, -0.2) is 0 Å². The zero-order chi connectivity index (χ0) is 12.3. The van der Waals surface area contributed by atoms with E-state index in [1.165, 1.54) is 27.6 Å². The van der Waals surface area contributed by atoms with Gasteiger partial charge in [-0.15, -0.1) is 0 Å². The fourth-order valence-corrected chi connectivity index (χ4v) is 2.76. The van der Waals surface area contributed by atoms with Crippen LogP contribution in [0, 0.1) is 0 Å². The molecule has 0 radical (unpaired) electrons. The van der Waals surface area contributed by atoms with Crippen LogP contribution in [0.5, 0.6) is 0 Å². The predicted molar refractivity (Wildman–Crippen MR) is 75.7 cm³/mol. The molecule has 1 aromatic rings. The standard InChI is InChI=1S/C14H19BrN2/c1-11-3-2-6-17(9-11)10-13-5-4-12(8-16)7-14(13)15/h3-5,7H,2,6,8-10,16H2,1H3. The third-order valence-corrected chi connectivity index (χ3v) is 3.90. The molecule has 1 heterocycles. The summed E-state index contributed by atoms with van der Waals surface area (Å²) < 4.78 is 1.17. The van der Waals surface area contributed by atoms with E-state index in [0.29, 0.717) is 6.54 Å². The van der Waals surface area contributed by atoms with Crippen molar-refractivity contribution in [2.24, 2.45) is 5.73 Å². The van der Waals surface area contributed by atoms with Crippen LogP contribution in [0.2, 0.25) is 0 Å². The molecular weight excluding hydrogens is 276 g/mol. The number of benzene rings is 1. The molecule has 1 aliphatic heterocycles. The van der Waals surface area contributed by atoms with Gasteiger partial charge in [0.05, 0.1) is 0 Å². The number of nitrogens with two attached hydrogens (primary N) is 1. The van der Waals surface area contributed by atoms with Crippen LogP contribution in [0.4, 0.5) is 0 Å². The molecule has 0 spiro atoms. The van der Waals surface area contributed by atoms with Crippen LogP contribution in [-0.4, -0.2) is 18.0 Å². The van der Waals surface area contributed by atoms with E-state index in [1.807, 2.05) is 0 Å². The second-order valence-corrected chi connectivity index (χ2v) is 5.53. The van der Waals surface area contributed by atoms with Gasteiger partial charge in [-0.2, -0.15) is 0 Å². The van der Waals surface area contributed by atoms with E-state index in [1.54, 1.807) is 0 Å². The van der Waals surface area contributed by atoms with Crippen LogP contribution in [0.25, 0.3) is 0 Å². The zero-order valence-electron chi connectivity index (χ0n) is 10.2. The lowest BCUT2D eigenvalue weighted by Gasteiger charge is -2.26. The summed E-state index contributed by atoms with van der Waals surface area (Å²) in [7, 11) is 0. The Kier molecular flexibility index (Phi) is 4.37. The lowest BCUT2D eigenvalue weighted by atomic mass is 10.1. The van der Waals surface area contributed by atoms with Crippen LogP contribution in [0.15, 0.2) is 34.3 Å². The Bertz CT molecular complexity index is 426. The molecule has 17 heavy (non-hydrogen) atoms. The summed E-state index contributed by atoms with van der Waals surface area (Å²) >= 11 is 3.63. The molecule has 2 N–H and O–H groups in total. The molecule has 2 nitrogen and oxygen atoms in total. The molecule has 0 bridgehead atoms. The molecule has 0 atom stereocenters. The number of hydrogen-bond donors (Lipinski definition) is 1. The molecular formula is C14H19BrN2. The fourth-order valence-electron chi connectivity index (χ4n) is 2.21. The van der Waals surface area contributed by atoms with E-state index in [4.69, 9.17) is 5.73 Å². The lowest BCUT2D eigenvalue weighted by Crippen LogP contribution is -2.28. The minimum atomic E-state index is 0.602. The average molecular weight is 295 g/mol. The van der Waals surface area contributed by atoms with E-state index >= 15 is 0 Å². The number of halogens is 1. The summed E-state index contributed by atoms with van der Waals surface area (Å²) in [6.07, 6.45) is 3.51. The largest absolute Gasteiger partial charge is 0.326 e. The van der Waals surface area contributed by atoms with Gasteiger partial charge in [-0.3, -0.25) is 4.90 Å². The van der Waals surface area contributed by atoms with Gasteiger partial charge < -0.3 is 5.73 Å². The number of rotatable bonds is 3. The van der Waals surface area contributed by atoms with Crippen molar-refractivity contribution in [1.82, 2.24) is 4.90 Å². The molecule has 0 unspecified atom stereocenters. The Morgan fingerprint density at radius 2 is 2.24 bits per heavy atom. The van der Waals surface area contributed by atoms with E-state index in [-0.39, 0.29) is 0 Å². The number of hydrogen-bond acceptors (Lipinski definition) is 2. The van der Waals surface area contributed by atoms with Crippen molar-refractivity contribution in [2.75, 3.05) is 13.1 Å². The van der Waals surface area contributed by atoms with Gasteiger partial charge in [0.2, 0.25) is 0 Å². The first-order valence-electron chi connectivity index (χ1n) is 6.04. The second kappa shape index (κ2) is 5.80. The van der Waals surface area contributed by atoms with Gasteiger partial charge in [0.1, 0.15) is 0 Å². The lowest BCUT2D eigenvalue weighted by molar-refractivity contribution is 0.282. The molecule has 0 amide bonds. The highest BCUT2D eigenvalue weighted by Gasteiger charge is 2.11. The fraction of sp³-hybridized carbons (Fsp3) is 0.429. The van der Waals surface area contributed by atoms with Crippen LogP contribution in [0.3, 0.4) is 0 Å². The molecule has 0 fully saturated rings. The molecule has 0 aliphatic carbocycles. The monoisotopic (exact) mass is 294 g/mol. The van der Waals surface area contributed by atoms with Gasteiger partial charge >= 0.3 is 0 Å². The van der Waals surface area contributed by atoms with Crippen molar-refractivity contribution >= 4 is 15.9 Å². The predicted octanol–water partition coefficient (Wildman–Crippen LogP) is 3.06. The Morgan fingerprint density at radius 3 is 2.88 bits per heavy atom. The first-order chi connectivity index (χ1) is 8.19. The minimum Gasteiger partial charge on any atom is -0.326 e.